The Kier molecular flexibility index (Phi) is 4.43. The fourth-order valence-electron chi connectivity index (χ4n) is 1.84. The Labute approximate surface area is 128 Å². The van der Waals surface area contributed by atoms with Gasteiger partial charge in [-0.3, -0.25) is 0 Å². The first-order chi connectivity index (χ1) is 8.90. The van der Waals surface area contributed by atoms with E-state index in [0.717, 1.165) is 15.2 Å². The van der Waals surface area contributed by atoms with Crippen molar-refractivity contribution in [1.82, 2.24) is 0 Å². The number of halogens is 4. The number of aryl methyl sites for hydroxylation is 1. The molecule has 100 valence electrons. The number of rotatable bonds is 2. The highest BCUT2D eigenvalue weighted by atomic mass is 127. The Hall–Kier alpha value is -0.720. The Bertz CT molecular complexity index is 631. The molecule has 2 rings (SSSR count). The molecule has 1 unspecified atom stereocenters. The lowest BCUT2D eigenvalue weighted by molar-refractivity contribution is 0.560. The van der Waals surface area contributed by atoms with Crippen LogP contribution >= 0.6 is 34.2 Å². The van der Waals surface area contributed by atoms with E-state index in [4.69, 9.17) is 17.3 Å². The average Bonchev–Trinajstić information content (AvgIpc) is 2.36. The molecule has 0 radical (unpaired) electrons. The summed E-state index contributed by atoms with van der Waals surface area (Å²) in [6.07, 6.45) is 0. The number of nitrogens with two attached hydrogens (primary N) is 1. The summed E-state index contributed by atoms with van der Waals surface area (Å²) < 4.78 is 28.0. The quantitative estimate of drug-likeness (QED) is 0.743. The zero-order chi connectivity index (χ0) is 14.2. The lowest BCUT2D eigenvalue weighted by atomic mass is 9.97. The van der Waals surface area contributed by atoms with Gasteiger partial charge in [-0.1, -0.05) is 11.6 Å². The summed E-state index contributed by atoms with van der Waals surface area (Å²) in [6, 6.07) is 6.88. The van der Waals surface area contributed by atoms with E-state index in [1.807, 2.05) is 6.07 Å². The summed E-state index contributed by atoms with van der Waals surface area (Å²) in [5, 5.41) is 0.533. The van der Waals surface area contributed by atoms with Crippen LogP contribution in [0.25, 0.3) is 0 Å². The van der Waals surface area contributed by atoms with Crippen LogP contribution in [0.2, 0.25) is 5.02 Å². The van der Waals surface area contributed by atoms with Gasteiger partial charge in [0, 0.05) is 20.2 Å². The minimum Gasteiger partial charge on any atom is -0.320 e. The zero-order valence-electron chi connectivity index (χ0n) is 10.1. The van der Waals surface area contributed by atoms with Crippen molar-refractivity contribution in [3.63, 3.8) is 0 Å². The monoisotopic (exact) mass is 393 g/mol. The molecule has 1 nitrogen and oxygen atoms in total. The highest BCUT2D eigenvalue weighted by molar-refractivity contribution is 14.1. The third-order valence-electron chi connectivity index (χ3n) is 2.91. The third-order valence-corrected chi connectivity index (χ3v) is 4.12. The van der Waals surface area contributed by atoms with E-state index in [1.54, 1.807) is 19.1 Å². The van der Waals surface area contributed by atoms with Crippen LogP contribution in [0.15, 0.2) is 30.3 Å². The molecule has 0 saturated carbocycles. The molecule has 0 spiro atoms. The van der Waals surface area contributed by atoms with Crippen molar-refractivity contribution in [3.8, 4) is 0 Å². The van der Waals surface area contributed by atoms with E-state index < -0.39 is 17.7 Å². The van der Waals surface area contributed by atoms with Gasteiger partial charge in [0.2, 0.25) is 0 Å². The molecule has 0 amide bonds. The van der Waals surface area contributed by atoms with Crippen molar-refractivity contribution >= 4 is 34.2 Å². The molecule has 19 heavy (non-hydrogen) atoms. The van der Waals surface area contributed by atoms with Gasteiger partial charge in [0.25, 0.3) is 0 Å². The van der Waals surface area contributed by atoms with Gasteiger partial charge < -0.3 is 5.73 Å². The van der Waals surface area contributed by atoms with Gasteiger partial charge in [-0.2, -0.15) is 0 Å². The van der Waals surface area contributed by atoms with E-state index in [2.05, 4.69) is 22.6 Å². The predicted molar refractivity (Wildman–Crippen MR) is 81.3 cm³/mol. The van der Waals surface area contributed by atoms with Crippen molar-refractivity contribution in [2.45, 2.75) is 13.0 Å². The molecule has 0 heterocycles. The zero-order valence-corrected chi connectivity index (χ0v) is 13.0. The van der Waals surface area contributed by atoms with E-state index in [1.165, 1.54) is 6.07 Å². The maximum atomic E-state index is 13.8. The van der Waals surface area contributed by atoms with Crippen LogP contribution in [0.5, 0.6) is 0 Å². The first kappa shape index (κ1) is 14.7. The van der Waals surface area contributed by atoms with E-state index in [0.29, 0.717) is 10.6 Å². The summed E-state index contributed by atoms with van der Waals surface area (Å²) in [6.45, 7) is 1.58. The minimum atomic E-state index is -0.676. The molecule has 2 aromatic carbocycles. The van der Waals surface area contributed by atoms with Crippen LogP contribution in [0.1, 0.15) is 22.7 Å². The van der Waals surface area contributed by atoms with Crippen LogP contribution in [0.4, 0.5) is 8.78 Å². The molecular weight excluding hydrogens is 383 g/mol. The van der Waals surface area contributed by atoms with Crippen molar-refractivity contribution in [2.75, 3.05) is 0 Å². The maximum Gasteiger partial charge on any atom is 0.131 e. The second kappa shape index (κ2) is 5.73. The topological polar surface area (TPSA) is 26.0 Å². The van der Waals surface area contributed by atoms with Gasteiger partial charge >= 0.3 is 0 Å². The molecule has 0 aromatic heterocycles. The third kappa shape index (κ3) is 3.07. The van der Waals surface area contributed by atoms with Gasteiger partial charge in [-0.25, -0.2) is 8.78 Å². The van der Waals surface area contributed by atoms with E-state index in [9.17, 15) is 8.78 Å². The number of hydrogen-bond donors (Lipinski definition) is 1. The molecule has 1 atom stereocenters. The standard InChI is InChI=1S/C14H11ClF2IN/c1-7-4-9(12(17)6-11(7)16)14(19)10-5-8(15)2-3-13(10)18/h2-6,14H,19H2,1H3. The summed E-state index contributed by atoms with van der Waals surface area (Å²) in [5.41, 5.74) is 7.43. The summed E-state index contributed by atoms with van der Waals surface area (Å²) >= 11 is 8.04. The highest BCUT2D eigenvalue weighted by Crippen LogP contribution is 2.29. The SMILES string of the molecule is Cc1cc(C(N)c2cc(Cl)ccc2I)c(F)cc1F. The first-order valence-corrected chi connectivity index (χ1v) is 7.02. The second-order valence-corrected chi connectivity index (χ2v) is 5.87. The van der Waals surface area contributed by atoms with Gasteiger partial charge in [0.1, 0.15) is 11.6 Å². The fourth-order valence-corrected chi connectivity index (χ4v) is 2.69. The van der Waals surface area contributed by atoms with Crippen LogP contribution in [-0.4, -0.2) is 0 Å². The predicted octanol–water partition coefficient (Wildman–Crippen LogP) is 4.58. The normalized spacial score (nSPS) is 12.5. The summed E-state index contributed by atoms with van der Waals surface area (Å²) in [7, 11) is 0. The molecule has 0 aliphatic rings. The molecule has 0 aliphatic carbocycles. The largest absolute Gasteiger partial charge is 0.320 e. The second-order valence-electron chi connectivity index (χ2n) is 4.27. The summed E-state index contributed by atoms with van der Waals surface area (Å²) in [5.74, 6) is -1.22. The van der Waals surface area contributed by atoms with Crippen LogP contribution in [0.3, 0.4) is 0 Å². The Balaban J connectivity index is 2.52. The lowest BCUT2D eigenvalue weighted by Crippen LogP contribution is -2.15. The smallest absolute Gasteiger partial charge is 0.131 e. The molecule has 0 bridgehead atoms. The van der Waals surface area contributed by atoms with Crippen LogP contribution < -0.4 is 5.73 Å². The Morgan fingerprint density at radius 1 is 1.11 bits per heavy atom. The van der Waals surface area contributed by atoms with Gasteiger partial charge in [0.05, 0.1) is 6.04 Å². The van der Waals surface area contributed by atoms with Gasteiger partial charge in [-0.05, 0) is 64.9 Å². The number of hydrogen-bond acceptors (Lipinski definition) is 1. The molecule has 2 N–H and O–H groups in total. The van der Waals surface area contributed by atoms with E-state index in [-0.39, 0.29) is 5.56 Å². The molecule has 5 heteroatoms. The summed E-state index contributed by atoms with van der Waals surface area (Å²) in [4.78, 5) is 0. The van der Waals surface area contributed by atoms with Crippen LogP contribution in [-0.2, 0) is 0 Å². The van der Waals surface area contributed by atoms with Crippen molar-refractivity contribution in [2.24, 2.45) is 5.73 Å². The molecule has 0 saturated heterocycles. The number of benzene rings is 2. The minimum absolute atomic E-state index is 0.263. The maximum absolute atomic E-state index is 13.8. The Morgan fingerprint density at radius 2 is 1.79 bits per heavy atom. The molecule has 2 aromatic rings. The average molecular weight is 394 g/mol. The highest BCUT2D eigenvalue weighted by Gasteiger charge is 2.18. The molecule has 0 fully saturated rings. The van der Waals surface area contributed by atoms with Gasteiger partial charge in [0.15, 0.2) is 0 Å². The van der Waals surface area contributed by atoms with E-state index >= 15 is 0 Å². The van der Waals surface area contributed by atoms with Gasteiger partial charge in [-0.15, -0.1) is 0 Å². The van der Waals surface area contributed by atoms with Crippen molar-refractivity contribution in [3.05, 3.63) is 67.2 Å². The fraction of sp³-hybridized carbons (Fsp3) is 0.143. The Morgan fingerprint density at radius 3 is 2.47 bits per heavy atom. The van der Waals surface area contributed by atoms with Crippen molar-refractivity contribution in [1.29, 1.82) is 0 Å². The molecule has 0 aliphatic heterocycles. The van der Waals surface area contributed by atoms with Crippen molar-refractivity contribution < 1.29 is 8.78 Å². The first-order valence-electron chi connectivity index (χ1n) is 5.56. The van der Waals surface area contributed by atoms with Crippen LogP contribution in [0, 0.1) is 22.1 Å². The molecular formula is C14H11ClF2IN. The lowest BCUT2D eigenvalue weighted by Gasteiger charge is -2.16.